The molecular weight excluding hydrogens is 340 g/mol. The molecule has 136 valence electrons. The molecule has 0 spiro atoms. The van der Waals surface area contributed by atoms with Gasteiger partial charge in [-0.2, -0.15) is 10.4 Å². The summed E-state index contributed by atoms with van der Waals surface area (Å²) in [5.41, 5.74) is 2.68. The lowest BCUT2D eigenvalue weighted by Gasteiger charge is -2.14. The number of hydrogen-bond acceptors (Lipinski definition) is 4. The summed E-state index contributed by atoms with van der Waals surface area (Å²) in [6.07, 6.45) is 3.75. The van der Waals surface area contributed by atoms with Gasteiger partial charge in [0.05, 0.1) is 17.3 Å². The summed E-state index contributed by atoms with van der Waals surface area (Å²) in [5, 5.41) is 15.9. The molecule has 1 aromatic heterocycles. The second-order valence-electron chi connectivity index (χ2n) is 6.05. The molecule has 1 heterocycles. The van der Waals surface area contributed by atoms with Gasteiger partial charge in [0.15, 0.2) is 6.10 Å². The third-order valence-electron chi connectivity index (χ3n) is 4.08. The van der Waals surface area contributed by atoms with Gasteiger partial charge in [-0.05, 0) is 61.4 Å². The Kier molecular flexibility index (Phi) is 5.85. The van der Waals surface area contributed by atoms with Crippen molar-refractivity contribution in [2.24, 2.45) is 0 Å². The highest BCUT2D eigenvalue weighted by atomic mass is 16.5. The molecule has 1 N–H and O–H groups in total. The number of hydrogen-bond donors (Lipinski definition) is 1. The minimum absolute atomic E-state index is 0.174. The fraction of sp³-hybridized carbons (Fsp3) is 0.190. The lowest BCUT2D eigenvalue weighted by molar-refractivity contribution is -0.127. The van der Waals surface area contributed by atoms with E-state index in [1.807, 2.05) is 42.6 Å². The quantitative estimate of drug-likeness (QED) is 0.703. The first kappa shape index (κ1) is 18.2. The Balaban J connectivity index is 1.45. The number of nitrogens with one attached hydrogen (secondary N) is 1. The largest absolute Gasteiger partial charge is 0.481 e. The predicted molar refractivity (Wildman–Crippen MR) is 102 cm³/mol. The first-order valence-electron chi connectivity index (χ1n) is 8.69. The Morgan fingerprint density at radius 2 is 1.96 bits per heavy atom. The molecular formula is C21H20N4O2. The molecule has 6 nitrogen and oxygen atoms in total. The first-order chi connectivity index (χ1) is 13.2. The van der Waals surface area contributed by atoms with Gasteiger partial charge in [-0.3, -0.25) is 4.79 Å². The molecule has 0 aliphatic rings. The minimum Gasteiger partial charge on any atom is -0.481 e. The molecule has 0 saturated heterocycles. The van der Waals surface area contributed by atoms with Crippen LogP contribution in [-0.2, 0) is 11.2 Å². The molecule has 1 unspecified atom stereocenters. The van der Waals surface area contributed by atoms with Crippen LogP contribution < -0.4 is 10.1 Å². The van der Waals surface area contributed by atoms with Gasteiger partial charge in [0.25, 0.3) is 5.91 Å². The maximum Gasteiger partial charge on any atom is 0.260 e. The van der Waals surface area contributed by atoms with Gasteiger partial charge in [0.1, 0.15) is 5.75 Å². The Labute approximate surface area is 158 Å². The molecule has 0 saturated carbocycles. The van der Waals surface area contributed by atoms with E-state index in [9.17, 15) is 4.79 Å². The molecule has 0 fully saturated rings. The number of carbonyl (C=O) groups is 1. The summed E-state index contributed by atoms with van der Waals surface area (Å²) in [7, 11) is 0. The minimum atomic E-state index is -0.611. The molecule has 2 aromatic carbocycles. The lowest BCUT2D eigenvalue weighted by atomic mass is 10.1. The van der Waals surface area contributed by atoms with E-state index in [1.165, 1.54) is 0 Å². The van der Waals surface area contributed by atoms with Crippen molar-refractivity contribution >= 4 is 5.91 Å². The van der Waals surface area contributed by atoms with Gasteiger partial charge >= 0.3 is 0 Å². The smallest absolute Gasteiger partial charge is 0.260 e. The molecule has 0 aliphatic carbocycles. The number of carbonyl (C=O) groups excluding carboxylic acids is 1. The normalized spacial score (nSPS) is 11.4. The highest BCUT2D eigenvalue weighted by molar-refractivity contribution is 5.80. The van der Waals surface area contributed by atoms with Crippen LogP contribution >= 0.6 is 0 Å². The van der Waals surface area contributed by atoms with Crippen molar-refractivity contribution in [2.45, 2.75) is 19.4 Å². The summed E-state index contributed by atoms with van der Waals surface area (Å²) < 4.78 is 7.40. The van der Waals surface area contributed by atoms with E-state index in [1.54, 1.807) is 42.1 Å². The van der Waals surface area contributed by atoms with Crippen molar-refractivity contribution in [1.82, 2.24) is 15.1 Å². The fourth-order valence-electron chi connectivity index (χ4n) is 2.58. The van der Waals surface area contributed by atoms with Crippen LogP contribution in [-0.4, -0.2) is 28.3 Å². The molecule has 0 bridgehead atoms. The Morgan fingerprint density at radius 3 is 2.59 bits per heavy atom. The van der Waals surface area contributed by atoms with E-state index >= 15 is 0 Å². The third kappa shape index (κ3) is 4.95. The van der Waals surface area contributed by atoms with Crippen molar-refractivity contribution in [3.05, 3.63) is 78.1 Å². The van der Waals surface area contributed by atoms with Crippen molar-refractivity contribution < 1.29 is 9.53 Å². The van der Waals surface area contributed by atoms with Gasteiger partial charge in [0.2, 0.25) is 0 Å². The lowest BCUT2D eigenvalue weighted by Crippen LogP contribution is -2.37. The van der Waals surface area contributed by atoms with Crippen molar-refractivity contribution in [2.75, 3.05) is 6.54 Å². The van der Waals surface area contributed by atoms with E-state index < -0.39 is 6.10 Å². The van der Waals surface area contributed by atoms with Gasteiger partial charge < -0.3 is 10.1 Å². The summed E-state index contributed by atoms with van der Waals surface area (Å²) in [4.78, 5) is 12.2. The van der Waals surface area contributed by atoms with E-state index in [-0.39, 0.29) is 5.91 Å². The molecule has 0 radical (unpaired) electrons. The highest BCUT2D eigenvalue weighted by Gasteiger charge is 2.14. The maximum atomic E-state index is 12.2. The van der Waals surface area contributed by atoms with Crippen LogP contribution in [0, 0.1) is 11.3 Å². The second-order valence-corrected chi connectivity index (χ2v) is 6.05. The number of ether oxygens (including phenoxy) is 1. The average Bonchev–Trinajstić information content (AvgIpc) is 3.24. The van der Waals surface area contributed by atoms with Crippen molar-refractivity contribution in [3.8, 4) is 17.5 Å². The molecule has 1 amide bonds. The van der Waals surface area contributed by atoms with Crippen molar-refractivity contribution in [1.29, 1.82) is 5.26 Å². The van der Waals surface area contributed by atoms with Crippen LogP contribution in [0.2, 0.25) is 0 Å². The molecule has 6 heteroatoms. The van der Waals surface area contributed by atoms with Gasteiger partial charge in [0, 0.05) is 18.9 Å². The zero-order valence-corrected chi connectivity index (χ0v) is 15.0. The maximum absolute atomic E-state index is 12.2. The van der Waals surface area contributed by atoms with Crippen LogP contribution in [0.5, 0.6) is 5.75 Å². The number of benzene rings is 2. The summed E-state index contributed by atoms with van der Waals surface area (Å²) in [6, 6.07) is 18.7. The molecule has 3 rings (SSSR count). The number of nitriles is 1. The molecule has 3 aromatic rings. The fourth-order valence-corrected chi connectivity index (χ4v) is 2.58. The van der Waals surface area contributed by atoms with Gasteiger partial charge in [-0.15, -0.1) is 0 Å². The van der Waals surface area contributed by atoms with Gasteiger partial charge in [-0.25, -0.2) is 4.68 Å². The number of nitrogens with zero attached hydrogens (tertiary/aromatic N) is 3. The van der Waals surface area contributed by atoms with Gasteiger partial charge in [-0.1, -0.05) is 12.1 Å². The standard InChI is InChI=1S/C21H20N4O2/c1-16(27-20-9-5-18(15-22)6-10-20)21(26)23-13-11-17-3-7-19(8-4-17)25-14-2-12-24-25/h2-10,12,14,16H,11,13H2,1H3,(H,23,26). The highest BCUT2D eigenvalue weighted by Crippen LogP contribution is 2.13. The van der Waals surface area contributed by atoms with E-state index in [2.05, 4.69) is 10.4 Å². The van der Waals surface area contributed by atoms with Crippen LogP contribution in [0.1, 0.15) is 18.1 Å². The SMILES string of the molecule is CC(Oc1ccc(C#N)cc1)C(=O)NCCc1ccc(-n2cccn2)cc1. The zero-order chi connectivity index (χ0) is 19.1. The van der Waals surface area contributed by atoms with Crippen LogP contribution in [0.25, 0.3) is 5.69 Å². The Morgan fingerprint density at radius 1 is 1.22 bits per heavy atom. The molecule has 27 heavy (non-hydrogen) atoms. The number of aromatic nitrogens is 2. The first-order valence-corrected chi connectivity index (χ1v) is 8.69. The van der Waals surface area contributed by atoms with Crippen LogP contribution in [0.15, 0.2) is 67.0 Å². The van der Waals surface area contributed by atoms with E-state index in [0.717, 1.165) is 17.7 Å². The summed E-state index contributed by atoms with van der Waals surface area (Å²) in [6.45, 7) is 2.23. The molecule has 1 atom stereocenters. The second kappa shape index (κ2) is 8.68. The number of amides is 1. The predicted octanol–water partition coefficient (Wildman–Crippen LogP) is 2.87. The monoisotopic (exact) mass is 360 g/mol. The van der Waals surface area contributed by atoms with Crippen LogP contribution in [0.3, 0.4) is 0 Å². The summed E-state index contributed by atoms with van der Waals surface area (Å²) in [5.74, 6) is 0.387. The zero-order valence-electron chi connectivity index (χ0n) is 15.0. The Bertz CT molecular complexity index is 910. The third-order valence-corrected chi connectivity index (χ3v) is 4.08. The van der Waals surface area contributed by atoms with E-state index in [4.69, 9.17) is 10.00 Å². The number of rotatable bonds is 7. The van der Waals surface area contributed by atoms with E-state index in [0.29, 0.717) is 17.9 Å². The summed E-state index contributed by atoms with van der Waals surface area (Å²) >= 11 is 0. The van der Waals surface area contributed by atoms with Crippen molar-refractivity contribution in [3.63, 3.8) is 0 Å². The average molecular weight is 360 g/mol. The Hall–Kier alpha value is -3.59. The van der Waals surface area contributed by atoms with Crippen LogP contribution in [0.4, 0.5) is 0 Å². The molecule has 0 aliphatic heterocycles. The topological polar surface area (TPSA) is 79.9 Å².